The molecule has 0 spiro atoms. The van der Waals surface area contributed by atoms with E-state index in [0.29, 0.717) is 24.8 Å². The molecule has 0 aromatic heterocycles. The molecular weight excluding hydrogens is 544 g/mol. The summed E-state index contributed by atoms with van der Waals surface area (Å²) in [7, 11) is 0. The minimum Gasteiger partial charge on any atom is -0.393 e. The van der Waals surface area contributed by atoms with Crippen molar-refractivity contribution in [3.05, 3.63) is 94.2 Å². The number of hydrogen-bond acceptors (Lipinski definition) is 4. The van der Waals surface area contributed by atoms with Crippen molar-refractivity contribution in [3.8, 4) is 11.8 Å². The molecule has 0 aromatic rings. The van der Waals surface area contributed by atoms with E-state index >= 15 is 0 Å². The van der Waals surface area contributed by atoms with Crippen LogP contribution in [0, 0.1) is 28.6 Å². The van der Waals surface area contributed by atoms with Crippen molar-refractivity contribution in [3.63, 3.8) is 0 Å². The maximum Gasteiger partial charge on any atom is 0.161 e. The van der Waals surface area contributed by atoms with Gasteiger partial charge < -0.3 is 10.2 Å². The highest BCUT2D eigenvalue weighted by atomic mass is 16.3. The lowest BCUT2D eigenvalue weighted by molar-refractivity contribution is -0.162. The predicted octanol–water partition coefficient (Wildman–Crippen LogP) is 8.66. The molecule has 238 valence electrons. The standard InChI is InChI=1S/C40H54O4/c1-28(17-13-18-30(3)21-22-36-32(5)23-34(41)25-38(36,7)8)15-11-12-16-29(2)19-14-20-31(4)37(43)27-40(44)33(6)24-35(42)26-39(40,9)10/h11-20,33-34,41,44H,23-27H2,1-10H3. The Morgan fingerprint density at radius 3 is 2.02 bits per heavy atom. The number of carbonyl (C=O) groups is 2. The Labute approximate surface area is 266 Å². The first-order valence-corrected chi connectivity index (χ1v) is 15.8. The van der Waals surface area contributed by atoms with Crippen molar-refractivity contribution < 1.29 is 19.8 Å². The molecular formula is C40H54O4. The minimum atomic E-state index is -1.20. The number of hydrogen-bond donors (Lipinski definition) is 2. The Hall–Kier alpha value is -3.26. The van der Waals surface area contributed by atoms with Crippen LogP contribution >= 0.6 is 0 Å². The molecule has 4 nitrogen and oxygen atoms in total. The Morgan fingerprint density at radius 1 is 0.909 bits per heavy atom. The number of aliphatic hydroxyl groups excluding tert-OH is 1. The van der Waals surface area contributed by atoms with Gasteiger partial charge in [-0.2, -0.15) is 0 Å². The molecule has 2 N–H and O–H groups in total. The van der Waals surface area contributed by atoms with Crippen LogP contribution < -0.4 is 0 Å². The fourth-order valence-corrected chi connectivity index (χ4v) is 6.28. The highest BCUT2D eigenvalue weighted by Crippen LogP contribution is 2.48. The Balaban J connectivity index is 1.93. The highest BCUT2D eigenvalue weighted by Gasteiger charge is 2.53. The zero-order valence-corrected chi connectivity index (χ0v) is 28.7. The van der Waals surface area contributed by atoms with Crippen LogP contribution in [0.15, 0.2) is 94.2 Å². The molecule has 2 aliphatic carbocycles. The summed E-state index contributed by atoms with van der Waals surface area (Å²) in [5, 5.41) is 21.5. The van der Waals surface area contributed by atoms with Gasteiger partial charge in [0.25, 0.3) is 0 Å². The topological polar surface area (TPSA) is 74.6 Å². The molecule has 2 rings (SSSR count). The van der Waals surface area contributed by atoms with Crippen molar-refractivity contribution >= 4 is 11.6 Å². The van der Waals surface area contributed by atoms with E-state index in [1.165, 1.54) is 5.57 Å². The monoisotopic (exact) mass is 598 g/mol. The van der Waals surface area contributed by atoms with Crippen molar-refractivity contribution in [2.75, 3.05) is 0 Å². The normalized spacial score (nSPS) is 27.0. The molecule has 0 aromatic carbocycles. The summed E-state index contributed by atoms with van der Waals surface area (Å²) in [5.74, 6) is 6.43. The van der Waals surface area contributed by atoms with Crippen LogP contribution in [0.3, 0.4) is 0 Å². The largest absolute Gasteiger partial charge is 0.393 e. The third-order valence-corrected chi connectivity index (χ3v) is 9.05. The smallest absolute Gasteiger partial charge is 0.161 e. The van der Waals surface area contributed by atoms with Crippen LogP contribution in [-0.2, 0) is 9.59 Å². The van der Waals surface area contributed by atoms with Gasteiger partial charge in [0.1, 0.15) is 5.78 Å². The van der Waals surface area contributed by atoms with Crippen molar-refractivity contribution in [1.82, 2.24) is 0 Å². The van der Waals surface area contributed by atoms with Gasteiger partial charge >= 0.3 is 0 Å². The second kappa shape index (κ2) is 15.6. The molecule has 2 aliphatic rings. The molecule has 3 unspecified atom stereocenters. The summed E-state index contributed by atoms with van der Waals surface area (Å²) in [5.41, 5.74) is 4.11. The van der Waals surface area contributed by atoms with Gasteiger partial charge in [-0.3, -0.25) is 9.59 Å². The molecule has 0 radical (unpaired) electrons. The number of allylic oxidation sites excluding steroid dienone is 15. The molecule has 0 bridgehead atoms. The zero-order valence-electron chi connectivity index (χ0n) is 28.7. The molecule has 4 heteroatoms. The number of ketones is 2. The summed E-state index contributed by atoms with van der Waals surface area (Å²) in [4.78, 5) is 25.0. The van der Waals surface area contributed by atoms with E-state index in [9.17, 15) is 19.8 Å². The second-order valence-electron chi connectivity index (χ2n) is 14.2. The summed E-state index contributed by atoms with van der Waals surface area (Å²) in [6.07, 6.45) is 21.5. The lowest BCUT2D eigenvalue weighted by atomic mass is 9.58. The highest BCUT2D eigenvalue weighted by molar-refractivity contribution is 5.96. The van der Waals surface area contributed by atoms with Crippen LogP contribution in [-0.4, -0.2) is 33.5 Å². The first kappa shape index (κ1) is 36.9. The maximum absolute atomic E-state index is 12.9. The number of carbonyl (C=O) groups excluding carboxylic acids is 2. The lowest BCUT2D eigenvalue weighted by Crippen LogP contribution is -2.55. The van der Waals surface area contributed by atoms with E-state index in [1.54, 1.807) is 13.0 Å². The van der Waals surface area contributed by atoms with Gasteiger partial charge in [-0.15, -0.1) is 0 Å². The van der Waals surface area contributed by atoms with Gasteiger partial charge in [0, 0.05) is 35.7 Å². The zero-order chi connectivity index (χ0) is 33.3. The molecule has 3 atom stereocenters. The first-order chi connectivity index (χ1) is 20.4. The van der Waals surface area contributed by atoms with Crippen LogP contribution in [0.4, 0.5) is 0 Å². The Kier molecular flexibility index (Phi) is 13.1. The van der Waals surface area contributed by atoms with Gasteiger partial charge in [0.05, 0.1) is 11.7 Å². The summed E-state index contributed by atoms with van der Waals surface area (Å²) in [6.45, 7) is 19.8. The SMILES string of the molecule is CC(C#CC1=C(C)CC(O)CC1(C)C)=CC=CC(C)=CC=CC=C(C)C=CC=C(C)C(=O)CC1(O)C(C)CC(=O)CC1(C)C. The van der Waals surface area contributed by atoms with E-state index in [1.807, 2.05) is 96.2 Å². The Bertz CT molecular complexity index is 1400. The van der Waals surface area contributed by atoms with Crippen LogP contribution in [0.1, 0.15) is 101 Å². The van der Waals surface area contributed by atoms with E-state index in [0.717, 1.165) is 28.7 Å². The second-order valence-corrected chi connectivity index (χ2v) is 14.2. The quantitative estimate of drug-likeness (QED) is 0.158. The molecule has 0 saturated heterocycles. The fraction of sp³-hybridized carbons (Fsp3) is 0.500. The third kappa shape index (κ3) is 10.4. The van der Waals surface area contributed by atoms with E-state index < -0.39 is 11.0 Å². The van der Waals surface area contributed by atoms with E-state index in [2.05, 4.69) is 32.6 Å². The number of Topliss-reactive ketones (excluding diaryl/α,β-unsaturated/α-hetero) is 2. The first-order valence-electron chi connectivity index (χ1n) is 15.8. The molecule has 1 fully saturated rings. The maximum atomic E-state index is 12.9. The van der Waals surface area contributed by atoms with Crippen LogP contribution in [0.5, 0.6) is 0 Å². The lowest BCUT2D eigenvalue weighted by Gasteiger charge is -2.49. The summed E-state index contributed by atoms with van der Waals surface area (Å²) < 4.78 is 0. The fourth-order valence-electron chi connectivity index (χ4n) is 6.28. The predicted molar refractivity (Wildman–Crippen MR) is 184 cm³/mol. The Morgan fingerprint density at radius 2 is 1.48 bits per heavy atom. The number of aliphatic hydroxyl groups is 2. The third-order valence-electron chi connectivity index (χ3n) is 9.05. The average molecular weight is 599 g/mol. The van der Waals surface area contributed by atoms with Crippen LogP contribution in [0.2, 0.25) is 0 Å². The molecule has 0 aliphatic heterocycles. The van der Waals surface area contributed by atoms with Crippen molar-refractivity contribution in [2.45, 2.75) is 113 Å². The van der Waals surface area contributed by atoms with Gasteiger partial charge in [-0.05, 0) is 64.5 Å². The van der Waals surface area contributed by atoms with E-state index in [-0.39, 0.29) is 35.4 Å². The molecule has 44 heavy (non-hydrogen) atoms. The van der Waals surface area contributed by atoms with Gasteiger partial charge in [-0.25, -0.2) is 0 Å². The van der Waals surface area contributed by atoms with E-state index in [4.69, 9.17) is 0 Å². The van der Waals surface area contributed by atoms with Crippen LogP contribution in [0.25, 0.3) is 0 Å². The van der Waals surface area contributed by atoms with Gasteiger partial charge in [-0.1, -0.05) is 124 Å². The number of rotatable bonds is 9. The minimum absolute atomic E-state index is 0.0210. The van der Waals surface area contributed by atoms with Gasteiger partial charge in [0.15, 0.2) is 5.78 Å². The van der Waals surface area contributed by atoms with Crippen molar-refractivity contribution in [1.29, 1.82) is 0 Å². The average Bonchev–Trinajstić information content (AvgIpc) is 2.88. The summed E-state index contributed by atoms with van der Waals surface area (Å²) in [6, 6.07) is 0. The van der Waals surface area contributed by atoms with Gasteiger partial charge in [0.2, 0.25) is 0 Å². The summed E-state index contributed by atoms with van der Waals surface area (Å²) >= 11 is 0. The molecule has 0 heterocycles. The molecule has 1 saturated carbocycles. The van der Waals surface area contributed by atoms with Crippen molar-refractivity contribution in [2.24, 2.45) is 16.7 Å². The molecule has 0 amide bonds.